The van der Waals surface area contributed by atoms with Crippen molar-refractivity contribution in [2.24, 2.45) is 5.73 Å². The summed E-state index contributed by atoms with van der Waals surface area (Å²) < 4.78 is 0. The fourth-order valence-corrected chi connectivity index (χ4v) is 2.03. The number of anilines is 2. The number of carbonyl (C=O) groups excluding carboxylic acids is 2. The summed E-state index contributed by atoms with van der Waals surface area (Å²) in [4.78, 5) is 32.8. The number of nitrogens with one attached hydrogen (secondary N) is 3. The molecule has 0 saturated carbocycles. The number of amides is 3. The van der Waals surface area contributed by atoms with E-state index < -0.39 is 11.0 Å². The predicted octanol–water partition coefficient (Wildman–Crippen LogP) is 1.93. The first-order chi connectivity index (χ1) is 12.0. The van der Waals surface area contributed by atoms with Crippen molar-refractivity contribution in [3.8, 4) is 0 Å². The Labute approximate surface area is 143 Å². The Balaban J connectivity index is 1.76. The predicted molar refractivity (Wildman–Crippen MR) is 93.6 cm³/mol. The Bertz CT molecular complexity index is 759. The van der Waals surface area contributed by atoms with Gasteiger partial charge in [0.25, 0.3) is 11.6 Å². The van der Waals surface area contributed by atoms with Crippen LogP contribution in [0.4, 0.5) is 21.9 Å². The van der Waals surface area contributed by atoms with Gasteiger partial charge in [0.05, 0.1) is 4.92 Å². The molecular weight excluding hydrogens is 326 g/mol. The molecule has 2 aromatic carbocycles. The zero-order valence-corrected chi connectivity index (χ0v) is 13.2. The first-order valence-electron chi connectivity index (χ1n) is 7.39. The maximum atomic E-state index is 12.0. The normalized spacial score (nSPS) is 9.92. The second kappa shape index (κ2) is 8.29. The van der Waals surface area contributed by atoms with Gasteiger partial charge in [0.1, 0.15) is 0 Å². The largest absolute Gasteiger partial charge is 0.383 e. The summed E-state index contributed by atoms with van der Waals surface area (Å²) in [7, 11) is 0. The quantitative estimate of drug-likeness (QED) is 0.345. The highest BCUT2D eigenvalue weighted by atomic mass is 16.6. The minimum absolute atomic E-state index is 0.0214. The number of nitrogens with two attached hydrogens (primary N) is 1. The molecule has 0 aliphatic heterocycles. The van der Waals surface area contributed by atoms with E-state index in [2.05, 4.69) is 16.0 Å². The van der Waals surface area contributed by atoms with Gasteiger partial charge in [-0.05, 0) is 36.4 Å². The Morgan fingerprint density at radius 2 is 1.56 bits per heavy atom. The minimum Gasteiger partial charge on any atom is -0.383 e. The van der Waals surface area contributed by atoms with Crippen molar-refractivity contribution in [3.05, 3.63) is 64.2 Å². The molecule has 0 aliphatic carbocycles. The lowest BCUT2D eigenvalue weighted by Gasteiger charge is -2.08. The van der Waals surface area contributed by atoms with Gasteiger partial charge in [-0.3, -0.25) is 14.9 Å². The van der Waals surface area contributed by atoms with Gasteiger partial charge >= 0.3 is 6.03 Å². The van der Waals surface area contributed by atoms with E-state index in [4.69, 9.17) is 5.73 Å². The number of rotatable bonds is 7. The standard InChI is InChI=1S/C16H17N5O4/c17-16(23)20-13-3-1-11(2-4-13)15(22)19-10-9-18-12-5-7-14(8-6-12)21(24)25/h1-8,18H,9-10H2,(H,19,22)(H3,17,20,23). The van der Waals surface area contributed by atoms with Crippen molar-refractivity contribution in [3.63, 3.8) is 0 Å². The van der Waals surface area contributed by atoms with Crippen LogP contribution in [0.3, 0.4) is 0 Å². The Morgan fingerprint density at radius 3 is 2.12 bits per heavy atom. The zero-order valence-electron chi connectivity index (χ0n) is 13.2. The Kier molecular flexibility index (Phi) is 5.88. The third-order valence-electron chi connectivity index (χ3n) is 3.23. The second-order valence-electron chi connectivity index (χ2n) is 5.05. The molecule has 0 fully saturated rings. The number of benzene rings is 2. The lowest BCUT2D eigenvalue weighted by Crippen LogP contribution is -2.28. The number of hydrogen-bond donors (Lipinski definition) is 4. The molecule has 0 spiro atoms. The molecule has 9 nitrogen and oxygen atoms in total. The summed E-state index contributed by atoms with van der Waals surface area (Å²) in [6, 6.07) is 11.6. The average molecular weight is 343 g/mol. The van der Waals surface area contributed by atoms with Crippen LogP contribution in [-0.4, -0.2) is 30.0 Å². The van der Waals surface area contributed by atoms with Gasteiger partial charge < -0.3 is 21.7 Å². The number of primary amides is 1. The maximum absolute atomic E-state index is 12.0. The first-order valence-corrected chi connectivity index (χ1v) is 7.39. The van der Waals surface area contributed by atoms with E-state index in [0.29, 0.717) is 24.3 Å². The highest BCUT2D eigenvalue weighted by Gasteiger charge is 2.06. The van der Waals surface area contributed by atoms with Crippen LogP contribution in [0.1, 0.15) is 10.4 Å². The van der Waals surface area contributed by atoms with Gasteiger partial charge in [0.15, 0.2) is 0 Å². The lowest BCUT2D eigenvalue weighted by molar-refractivity contribution is -0.384. The maximum Gasteiger partial charge on any atom is 0.316 e. The van der Waals surface area contributed by atoms with E-state index in [1.54, 1.807) is 36.4 Å². The molecule has 3 amide bonds. The molecule has 2 rings (SSSR count). The van der Waals surface area contributed by atoms with Crippen LogP contribution < -0.4 is 21.7 Å². The molecule has 0 unspecified atom stereocenters. The highest BCUT2D eigenvalue weighted by Crippen LogP contribution is 2.15. The van der Waals surface area contributed by atoms with Crippen molar-refractivity contribution in [1.82, 2.24) is 5.32 Å². The summed E-state index contributed by atoms with van der Waals surface area (Å²) >= 11 is 0. The van der Waals surface area contributed by atoms with Crippen LogP contribution in [0.5, 0.6) is 0 Å². The van der Waals surface area contributed by atoms with Crippen LogP contribution in [0.15, 0.2) is 48.5 Å². The Morgan fingerprint density at radius 1 is 0.960 bits per heavy atom. The number of hydrogen-bond acceptors (Lipinski definition) is 5. The monoisotopic (exact) mass is 343 g/mol. The van der Waals surface area contributed by atoms with Crippen LogP contribution >= 0.6 is 0 Å². The van der Waals surface area contributed by atoms with Crippen molar-refractivity contribution in [2.45, 2.75) is 0 Å². The molecule has 9 heteroatoms. The molecule has 2 aromatic rings. The number of nitro groups is 1. The highest BCUT2D eigenvalue weighted by molar-refractivity contribution is 5.95. The summed E-state index contributed by atoms with van der Waals surface area (Å²) in [5.74, 6) is -0.254. The van der Waals surface area contributed by atoms with Gasteiger partial charge in [-0.25, -0.2) is 4.79 Å². The lowest BCUT2D eigenvalue weighted by atomic mass is 10.2. The van der Waals surface area contributed by atoms with Gasteiger partial charge in [-0.15, -0.1) is 0 Å². The molecule has 130 valence electrons. The second-order valence-corrected chi connectivity index (χ2v) is 5.05. The van der Waals surface area contributed by atoms with Gasteiger partial charge in [0, 0.05) is 42.2 Å². The fourth-order valence-electron chi connectivity index (χ4n) is 2.03. The number of nitro benzene ring substituents is 1. The van der Waals surface area contributed by atoms with E-state index in [9.17, 15) is 19.7 Å². The molecule has 0 radical (unpaired) electrons. The zero-order chi connectivity index (χ0) is 18.2. The average Bonchev–Trinajstić information content (AvgIpc) is 2.59. The first kappa shape index (κ1) is 17.7. The van der Waals surface area contributed by atoms with E-state index in [1.165, 1.54) is 12.1 Å². The topological polar surface area (TPSA) is 139 Å². The molecule has 0 atom stereocenters. The van der Waals surface area contributed by atoms with Crippen molar-refractivity contribution in [2.75, 3.05) is 23.7 Å². The Hall–Kier alpha value is -3.62. The molecule has 25 heavy (non-hydrogen) atoms. The van der Waals surface area contributed by atoms with Gasteiger partial charge in [-0.2, -0.15) is 0 Å². The van der Waals surface area contributed by atoms with Crippen LogP contribution in [0.2, 0.25) is 0 Å². The molecule has 0 aromatic heterocycles. The smallest absolute Gasteiger partial charge is 0.316 e. The minimum atomic E-state index is -0.672. The van der Waals surface area contributed by atoms with Crippen molar-refractivity contribution in [1.29, 1.82) is 0 Å². The van der Waals surface area contributed by atoms with Gasteiger partial charge in [0.2, 0.25) is 0 Å². The van der Waals surface area contributed by atoms with Crippen LogP contribution in [-0.2, 0) is 0 Å². The molecular formula is C16H17N5O4. The van der Waals surface area contributed by atoms with Gasteiger partial charge in [-0.1, -0.05) is 0 Å². The summed E-state index contributed by atoms with van der Waals surface area (Å²) in [5, 5.41) is 18.8. The van der Waals surface area contributed by atoms with E-state index in [1.807, 2.05) is 0 Å². The fraction of sp³-hybridized carbons (Fsp3) is 0.125. The SMILES string of the molecule is NC(=O)Nc1ccc(C(=O)NCCNc2ccc([N+](=O)[O-])cc2)cc1. The number of carbonyl (C=O) groups is 2. The summed E-state index contributed by atoms with van der Waals surface area (Å²) in [6.07, 6.45) is 0. The van der Waals surface area contributed by atoms with Crippen molar-refractivity contribution >= 4 is 29.0 Å². The molecule has 5 N–H and O–H groups in total. The summed E-state index contributed by atoms with van der Waals surface area (Å²) in [6.45, 7) is 0.835. The third kappa shape index (κ3) is 5.50. The number of urea groups is 1. The number of non-ortho nitro benzene ring substituents is 1. The van der Waals surface area contributed by atoms with E-state index >= 15 is 0 Å². The van der Waals surface area contributed by atoms with Crippen LogP contribution in [0.25, 0.3) is 0 Å². The summed E-state index contributed by atoms with van der Waals surface area (Å²) in [5.41, 5.74) is 6.70. The number of nitrogens with zero attached hydrogens (tertiary/aromatic N) is 1. The molecule has 0 heterocycles. The van der Waals surface area contributed by atoms with E-state index in [-0.39, 0.29) is 11.6 Å². The van der Waals surface area contributed by atoms with Crippen molar-refractivity contribution < 1.29 is 14.5 Å². The molecule has 0 saturated heterocycles. The molecule has 0 bridgehead atoms. The van der Waals surface area contributed by atoms with E-state index in [0.717, 1.165) is 5.69 Å². The third-order valence-corrected chi connectivity index (χ3v) is 3.23. The van der Waals surface area contributed by atoms with Crippen LogP contribution in [0, 0.1) is 10.1 Å². The molecule has 0 aliphatic rings.